The summed E-state index contributed by atoms with van der Waals surface area (Å²) >= 11 is 0. The van der Waals surface area contributed by atoms with Crippen molar-refractivity contribution in [3.05, 3.63) is 0 Å². The van der Waals surface area contributed by atoms with Gasteiger partial charge in [-0.3, -0.25) is 9.46 Å². The number of hydrogen-bond donors (Lipinski definition) is 0. The highest BCUT2D eigenvalue weighted by Gasteiger charge is 2.32. The largest absolute Gasteiger partial charge is 0.379 e. The molecule has 0 saturated carbocycles. The Kier molecular flexibility index (Phi) is 4.99. The van der Waals surface area contributed by atoms with Gasteiger partial charge in [-0.1, -0.05) is 20.8 Å². The molecule has 16 heavy (non-hydrogen) atoms. The molecule has 0 aliphatic carbocycles. The Morgan fingerprint density at radius 1 is 1.31 bits per heavy atom. The summed E-state index contributed by atoms with van der Waals surface area (Å²) in [6, 6.07) is 0. The minimum Gasteiger partial charge on any atom is -0.379 e. The fourth-order valence-electron chi connectivity index (χ4n) is 1.36. The van der Waals surface area contributed by atoms with E-state index < -0.39 is 7.37 Å². The topological polar surface area (TPSA) is 38.8 Å². The van der Waals surface area contributed by atoms with E-state index in [0.29, 0.717) is 6.61 Å². The second kappa shape index (κ2) is 5.63. The van der Waals surface area contributed by atoms with E-state index in [0.717, 1.165) is 32.8 Å². The lowest BCUT2D eigenvalue weighted by atomic mass is 10.3. The van der Waals surface area contributed by atoms with E-state index in [4.69, 9.17) is 9.26 Å². The summed E-state index contributed by atoms with van der Waals surface area (Å²) in [6.45, 7) is 12.5. The molecule has 0 spiro atoms. The second-order valence-electron chi connectivity index (χ2n) is 5.30. The lowest BCUT2D eigenvalue weighted by Gasteiger charge is -2.30. The van der Waals surface area contributed by atoms with Crippen molar-refractivity contribution in [3.8, 4) is 0 Å². The van der Waals surface area contributed by atoms with Crippen molar-refractivity contribution < 1.29 is 13.8 Å². The van der Waals surface area contributed by atoms with Crippen LogP contribution in [0.1, 0.15) is 20.8 Å². The number of ether oxygens (including phenoxy) is 1. The highest BCUT2D eigenvalue weighted by atomic mass is 31.2. The van der Waals surface area contributed by atoms with Gasteiger partial charge < -0.3 is 9.26 Å². The molecule has 1 saturated heterocycles. The molecule has 0 amide bonds. The van der Waals surface area contributed by atoms with Gasteiger partial charge >= 0.3 is 0 Å². The second-order valence-corrected chi connectivity index (χ2v) is 8.60. The predicted molar refractivity (Wildman–Crippen MR) is 66.5 cm³/mol. The van der Waals surface area contributed by atoms with Crippen molar-refractivity contribution in [1.29, 1.82) is 0 Å². The maximum Gasteiger partial charge on any atom is 0.205 e. The van der Waals surface area contributed by atoms with Crippen LogP contribution < -0.4 is 0 Å². The van der Waals surface area contributed by atoms with Crippen LogP contribution >= 0.6 is 7.37 Å². The number of morpholine rings is 1. The Morgan fingerprint density at radius 2 is 1.88 bits per heavy atom. The minimum absolute atomic E-state index is 0.266. The Balaban J connectivity index is 2.26. The van der Waals surface area contributed by atoms with Gasteiger partial charge in [0.15, 0.2) is 0 Å². The predicted octanol–water partition coefficient (Wildman–Crippen LogP) is 2.04. The standard InChI is InChI=1S/C11H24NO3P/c1-11(2,3)16(4,13)15-10-7-12-5-8-14-9-6-12/h5-10H2,1-4H3. The highest BCUT2D eigenvalue weighted by Crippen LogP contribution is 2.55. The van der Waals surface area contributed by atoms with Crippen molar-refractivity contribution in [3.63, 3.8) is 0 Å². The van der Waals surface area contributed by atoms with Gasteiger partial charge in [0, 0.05) is 31.5 Å². The molecule has 0 bridgehead atoms. The zero-order chi connectivity index (χ0) is 12.2. The van der Waals surface area contributed by atoms with Crippen LogP contribution in [0.4, 0.5) is 0 Å². The lowest BCUT2D eigenvalue weighted by molar-refractivity contribution is 0.0323. The van der Waals surface area contributed by atoms with Gasteiger partial charge in [-0.25, -0.2) is 0 Å². The van der Waals surface area contributed by atoms with Gasteiger partial charge in [-0.15, -0.1) is 0 Å². The van der Waals surface area contributed by atoms with Crippen molar-refractivity contribution >= 4 is 7.37 Å². The number of rotatable bonds is 4. The van der Waals surface area contributed by atoms with Crippen LogP contribution in [0.2, 0.25) is 0 Å². The zero-order valence-corrected chi connectivity index (χ0v) is 11.8. The molecule has 1 fully saturated rings. The highest BCUT2D eigenvalue weighted by molar-refractivity contribution is 7.59. The molecular weight excluding hydrogens is 225 g/mol. The van der Waals surface area contributed by atoms with E-state index in [-0.39, 0.29) is 5.16 Å². The maximum absolute atomic E-state index is 12.2. The minimum atomic E-state index is -2.50. The molecule has 1 aliphatic heterocycles. The van der Waals surface area contributed by atoms with E-state index >= 15 is 0 Å². The van der Waals surface area contributed by atoms with Crippen molar-refractivity contribution in [2.24, 2.45) is 0 Å². The summed E-state index contributed by atoms with van der Waals surface area (Å²) in [4.78, 5) is 2.28. The number of hydrogen-bond acceptors (Lipinski definition) is 4. The third kappa shape index (κ3) is 4.17. The Morgan fingerprint density at radius 3 is 2.38 bits per heavy atom. The normalized spacial score (nSPS) is 23.0. The third-order valence-corrected chi connectivity index (χ3v) is 6.18. The molecule has 1 atom stereocenters. The molecule has 0 aromatic carbocycles. The van der Waals surface area contributed by atoms with E-state index in [1.807, 2.05) is 20.8 Å². The zero-order valence-electron chi connectivity index (χ0n) is 10.9. The SMILES string of the molecule is CC(C)(C)P(C)(=O)OCCN1CCOCC1. The lowest BCUT2D eigenvalue weighted by Crippen LogP contribution is -2.38. The number of nitrogens with zero attached hydrogens (tertiary/aromatic N) is 1. The first-order valence-electron chi connectivity index (χ1n) is 5.85. The van der Waals surface area contributed by atoms with Gasteiger partial charge in [0.2, 0.25) is 7.37 Å². The molecule has 0 aromatic rings. The molecule has 96 valence electrons. The average Bonchev–Trinajstić information content (AvgIpc) is 2.17. The fraction of sp³-hybridized carbons (Fsp3) is 1.00. The van der Waals surface area contributed by atoms with E-state index in [1.165, 1.54) is 0 Å². The van der Waals surface area contributed by atoms with Crippen molar-refractivity contribution in [2.45, 2.75) is 25.9 Å². The molecule has 0 aromatic heterocycles. The fourth-order valence-corrected chi connectivity index (χ4v) is 2.18. The monoisotopic (exact) mass is 249 g/mol. The van der Waals surface area contributed by atoms with E-state index in [1.54, 1.807) is 6.66 Å². The molecule has 4 nitrogen and oxygen atoms in total. The van der Waals surface area contributed by atoms with Crippen LogP contribution in [0.5, 0.6) is 0 Å². The van der Waals surface area contributed by atoms with E-state index in [9.17, 15) is 4.57 Å². The van der Waals surface area contributed by atoms with Gasteiger partial charge in [0.25, 0.3) is 0 Å². The summed E-state index contributed by atoms with van der Waals surface area (Å²) in [6.07, 6.45) is 0. The smallest absolute Gasteiger partial charge is 0.205 e. The summed E-state index contributed by atoms with van der Waals surface area (Å²) in [5.74, 6) is 0. The van der Waals surface area contributed by atoms with Crippen LogP contribution in [0.25, 0.3) is 0 Å². The van der Waals surface area contributed by atoms with Gasteiger partial charge in [-0.2, -0.15) is 0 Å². The first kappa shape index (κ1) is 14.2. The molecule has 5 heteroatoms. The van der Waals surface area contributed by atoms with Crippen LogP contribution in [-0.2, 0) is 13.8 Å². The van der Waals surface area contributed by atoms with Gasteiger partial charge in [0.05, 0.1) is 19.8 Å². The summed E-state index contributed by atoms with van der Waals surface area (Å²) in [7, 11) is -2.50. The van der Waals surface area contributed by atoms with Crippen molar-refractivity contribution in [2.75, 3.05) is 46.1 Å². The summed E-state index contributed by atoms with van der Waals surface area (Å²) in [5, 5.41) is -0.266. The summed E-state index contributed by atoms with van der Waals surface area (Å²) < 4.78 is 23.0. The Bertz CT molecular complexity index is 256. The van der Waals surface area contributed by atoms with Crippen LogP contribution in [0.3, 0.4) is 0 Å². The van der Waals surface area contributed by atoms with Gasteiger partial charge in [0.1, 0.15) is 0 Å². The first-order chi connectivity index (χ1) is 7.33. The average molecular weight is 249 g/mol. The molecule has 1 unspecified atom stereocenters. The van der Waals surface area contributed by atoms with Crippen LogP contribution in [0, 0.1) is 0 Å². The van der Waals surface area contributed by atoms with Crippen LogP contribution in [-0.4, -0.2) is 56.2 Å². The molecule has 1 heterocycles. The molecule has 0 N–H and O–H groups in total. The quantitative estimate of drug-likeness (QED) is 0.715. The van der Waals surface area contributed by atoms with Crippen LogP contribution in [0.15, 0.2) is 0 Å². The molecule has 1 aliphatic rings. The molecule has 0 radical (unpaired) electrons. The molecule has 1 rings (SSSR count). The van der Waals surface area contributed by atoms with E-state index in [2.05, 4.69) is 4.90 Å². The first-order valence-corrected chi connectivity index (χ1v) is 7.92. The third-order valence-electron chi connectivity index (χ3n) is 3.07. The Hall–Kier alpha value is 0.110. The van der Waals surface area contributed by atoms with Gasteiger partial charge in [-0.05, 0) is 0 Å². The summed E-state index contributed by atoms with van der Waals surface area (Å²) in [5.41, 5.74) is 0. The maximum atomic E-state index is 12.2. The molecular formula is C11H24NO3P. The van der Waals surface area contributed by atoms with Crippen molar-refractivity contribution in [1.82, 2.24) is 4.90 Å². The Labute approximate surface area is 98.7 Å².